The molecule has 272 valence electrons. The number of nitrogens with one attached hydrogen (secondary N) is 1. The van der Waals surface area contributed by atoms with Crippen molar-refractivity contribution in [3.63, 3.8) is 0 Å². The van der Waals surface area contributed by atoms with Crippen LogP contribution < -0.4 is 15.8 Å². The summed E-state index contributed by atoms with van der Waals surface area (Å²) in [6, 6.07) is 15.8. The minimum atomic E-state index is -4.59. The van der Waals surface area contributed by atoms with E-state index in [0.29, 0.717) is 51.0 Å². The van der Waals surface area contributed by atoms with Crippen LogP contribution in [0, 0.1) is 6.92 Å². The van der Waals surface area contributed by atoms with E-state index in [-0.39, 0.29) is 24.2 Å². The summed E-state index contributed by atoms with van der Waals surface area (Å²) in [5.41, 5.74) is 12.4. The van der Waals surface area contributed by atoms with Gasteiger partial charge in [0.2, 0.25) is 5.91 Å². The van der Waals surface area contributed by atoms with E-state index in [1.54, 1.807) is 11.3 Å². The van der Waals surface area contributed by atoms with Crippen LogP contribution in [0.3, 0.4) is 0 Å². The maximum absolute atomic E-state index is 13.3. The monoisotopic (exact) mass is 724 g/mol. The number of thiazole rings is 1. The average molecular weight is 725 g/mol. The highest BCUT2D eigenvalue weighted by molar-refractivity contribution is 7.13. The van der Waals surface area contributed by atoms with Gasteiger partial charge < -0.3 is 25.4 Å². The number of aromatic nitrogens is 4. The highest BCUT2D eigenvalue weighted by atomic mass is 32.1. The van der Waals surface area contributed by atoms with Crippen LogP contribution in [0.5, 0.6) is 5.75 Å². The second-order valence-electron chi connectivity index (χ2n) is 12.8. The van der Waals surface area contributed by atoms with E-state index in [2.05, 4.69) is 42.6 Å². The van der Waals surface area contributed by atoms with E-state index in [4.69, 9.17) is 15.2 Å². The van der Waals surface area contributed by atoms with Gasteiger partial charge in [0.25, 0.3) is 5.82 Å². The first-order valence-corrected chi connectivity index (χ1v) is 18.2. The minimum absolute atomic E-state index is 0.106. The fraction of sp³-hybridized carbons (Fsp3) is 0.472. The Morgan fingerprint density at radius 1 is 1.02 bits per heavy atom. The molecule has 0 saturated carbocycles. The Morgan fingerprint density at radius 3 is 2.47 bits per heavy atom. The predicted octanol–water partition coefficient (Wildman–Crippen LogP) is 6.10. The maximum atomic E-state index is 13.3. The van der Waals surface area contributed by atoms with E-state index in [1.807, 2.05) is 48.8 Å². The van der Waals surface area contributed by atoms with Gasteiger partial charge in [0.1, 0.15) is 11.6 Å². The largest absolute Gasteiger partial charge is 0.494 e. The number of ether oxygens (including phenoxy) is 2. The summed E-state index contributed by atoms with van der Waals surface area (Å²) in [4.78, 5) is 19.9. The Labute approximate surface area is 299 Å². The van der Waals surface area contributed by atoms with Crippen LogP contribution >= 0.6 is 11.3 Å². The fourth-order valence-electron chi connectivity index (χ4n) is 6.38. The Kier molecular flexibility index (Phi) is 12.0. The molecule has 1 amide bonds. The highest BCUT2D eigenvalue weighted by Gasteiger charge is 2.40. The third kappa shape index (κ3) is 9.51. The number of likely N-dealkylation sites (tertiary alicyclic amines) is 1. The standard InChI is InChI=1S/C36H43F3N8O3S/c1-24-34(51-23-42-24)28-6-4-27(5-7-28)30(40)22-33(48)41-16-21-49-19-2-3-20-50-29-10-8-25(9-11-29)26-14-17-46(18-15-26)32-13-12-31-43-44-35(36(37,38)39)47(31)45-32/h4-11,23,26,30H,2-3,12-22,40H2,1H3,(H,41,48)/t30-/m0/s1. The van der Waals surface area contributed by atoms with Gasteiger partial charge in [0.15, 0.2) is 5.82 Å². The summed E-state index contributed by atoms with van der Waals surface area (Å²) in [5.74, 6) is 0.900. The number of benzene rings is 2. The molecule has 1 fully saturated rings. The van der Waals surface area contributed by atoms with Gasteiger partial charge >= 0.3 is 6.18 Å². The number of amidine groups is 1. The van der Waals surface area contributed by atoms with Crippen molar-refractivity contribution in [3.8, 4) is 16.2 Å². The normalized spacial score (nSPS) is 15.7. The molecule has 15 heteroatoms. The van der Waals surface area contributed by atoms with Crippen LogP contribution in [0.25, 0.3) is 10.4 Å². The molecule has 1 atom stereocenters. The van der Waals surface area contributed by atoms with Gasteiger partial charge in [0.05, 0.1) is 29.3 Å². The first kappa shape index (κ1) is 36.5. The number of fused-ring (bicyclic) bond motifs is 1. The molecule has 3 N–H and O–H groups in total. The van der Waals surface area contributed by atoms with Crippen molar-refractivity contribution >= 4 is 23.1 Å². The number of piperidine rings is 1. The number of amides is 1. The van der Waals surface area contributed by atoms with Crippen molar-refractivity contribution in [2.75, 3.05) is 39.5 Å². The molecule has 0 radical (unpaired) electrons. The third-order valence-electron chi connectivity index (χ3n) is 9.23. The summed E-state index contributed by atoms with van der Waals surface area (Å²) >= 11 is 1.60. The number of alkyl halides is 3. The number of carbonyl (C=O) groups is 1. The van der Waals surface area contributed by atoms with Crippen molar-refractivity contribution in [1.29, 1.82) is 0 Å². The number of hydrogen-bond acceptors (Lipinski definition) is 10. The molecule has 4 heterocycles. The van der Waals surface area contributed by atoms with Crippen molar-refractivity contribution in [1.82, 2.24) is 30.1 Å². The van der Waals surface area contributed by atoms with Gasteiger partial charge in [-0.3, -0.25) is 4.79 Å². The number of rotatable bonds is 14. The van der Waals surface area contributed by atoms with Gasteiger partial charge in [-0.2, -0.15) is 22.9 Å². The summed E-state index contributed by atoms with van der Waals surface area (Å²) in [6.07, 6.45) is 0.0161. The number of nitrogens with two attached hydrogens (primary N) is 1. The molecular weight excluding hydrogens is 682 g/mol. The van der Waals surface area contributed by atoms with Gasteiger partial charge in [-0.15, -0.1) is 21.5 Å². The number of hydrogen-bond donors (Lipinski definition) is 2. The van der Waals surface area contributed by atoms with Crippen LogP contribution in [0.4, 0.5) is 13.2 Å². The van der Waals surface area contributed by atoms with E-state index in [1.165, 1.54) is 5.56 Å². The van der Waals surface area contributed by atoms with Crippen LogP contribution in [-0.2, 0) is 22.1 Å². The highest BCUT2D eigenvalue weighted by Crippen LogP contribution is 2.33. The summed E-state index contributed by atoms with van der Waals surface area (Å²) < 4.78 is 52.3. The fourth-order valence-corrected chi connectivity index (χ4v) is 7.19. The van der Waals surface area contributed by atoms with Gasteiger partial charge in [-0.25, -0.2) is 4.98 Å². The molecule has 2 aliphatic heterocycles. The number of carbonyl (C=O) groups excluding carboxylic acids is 1. The first-order chi connectivity index (χ1) is 24.7. The van der Waals surface area contributed by atoms with E-state index in [9.17, 15) is 18.0 Å². The molecule has 2 aliphatic rings. The maximum Gasteiger partial charge on any atom is 0.453 e. The minimum Gasteiger partial charge on any atom is -0.494 e. The lowest BCUT2D eigenvalue weighted by Gasteiger charge is -2.35. The number of halogens is 3. The van der Waals surface area contributed by atoms with Crippen LogP contribution in [0.15, 0.2) is 59.1 Å². The molecular formula is C36H43F3N8O3S. The molecule has 1 saturated heterocycles. The SMILES string of the molecule is Cc1ncsc1-c1ccc([C@@H](N)CC(=O)NCCOCCCCOc2ccc(C3CCN(C4=Nn5c(nnc5C(F)(F)F)CC4)CC3)cc2)cc1. The van der Waals surface area contributed by atoms with Crippen molar-refractivity contribution in [2.24, 2.45) is 10.8 Å². The van der Waals surface area contributed by atoms with Crippen molar-refractivity contribution < 1.29 is 27.4 Å². The summed E-state index contributed by atoms with van der Waals surface area (Å²) in [5, 5.41) is 14.1. The van der Waals surface area contributed by atoms with E-state index in [0.717, 1.165) is 70.9 Å². The lowest BCUT2D eigenvalue weighted by molar-refractivity contribution is -0.147. The molecule has 0 spiro atoms. The summed E-state index contributed by atoms with van der Waals surface area (Å²) in [6.45, 7) is 5.47. The smallest absolute Gasteiger partial charge is 0.453 e. The van der Waals surface area contributed by atoms with E-state index < -0.39 is 12.0 Å². The Morgan fingerprint density at radius 2 is 1.76 bits per heavy atom. The summed E-state index contributed by atoms with van der Waals surface area (Å²) in [7, 11) is 0. The molecule has 0 aliphatic carbocycles. The topological polar surface area (TPSA) is 133 Å². The average Bonchev–Trinajstić information content (AvgIpc) is 3.77. The molecule has 0 bridgehead atoms. The first-order valence-electron chi connectivity index (χ1n) is 17.3. The number of aryl methyl sites for hydroxylation is 2. The second-order valence-corrected chi connectivity index (χ2v) is 13.7. The predicted molar refractivity (Wildman–Crippen MR) is 189 cm³/mol. The Hall–Kier alpha value is -4.34. The van der Waals surface area contributed by atoms with Crippen LogP contribution in [-0.4, -0.2) is 76.0 Å². The molecule has 2 aromatic heterocycles. The number of unbranched alkanes of at least 4 members (excludes halogenated alkanes) is 1. The second kappa shape index (κ2) is 16.8. The zero-order valence-corrected chi connectivity index (χ0v) is 29.4. The van der Waals surface area contributed by atoms with Crippen molar-refractivity contribution in [2.45, 2.75) is 70.0 Å². The zero-order chi connectivity index (χ0) is 35.8. The Balaban J connectivity index is 0.812. The van der Waals surface area contributed by atoms with Gasteiger partial charge in [0, 0.05) is 51.5 Å². The van der Waals surface area contributed by atoms with Gasteiger partial charge in [-0.05, 0) is 67.3 Å². The van der Waals surface area contributed by atoms with Gasteiger partial charge in [-0.1, -0.05) is 36.4 Å². The molecule has 51 heavy (non-hydrogen) atoms. The molecule has 6 rings (SSSR count). The van der Waals surface area contributed by atoms with Crippen LogP contribution in [0.1, 0.15) is 79.0 Å². The quantitative estimate of drug-likeness (QED) is 0.149. The lowest BCUT2D eigenvalue weighted by atomic mass is 9.89. The lowest BCUT2D eigenvalue weighted by Crippen LogP contribution is -2.40. The molecule has 4 aromatic rings. The van der Waals surface area contributed by atoms with Crippen molar-refractivity contribution in [3.05, 3.63) is 82.5 Å². The number of nitrogens with zero attached hydrogens (tertiary/aromatic N) is 6. The molecule has 2 aromatic carbocycles. The molecule has 11 nitrogen and oxygen atoms in total. The zero-order valence-electron chi connectivity index (χ0n) is 28.6. The third-order valence-corrected chi connectivity index (χ3v) is 10.2. The van der Waals surface area contributed by atoms with E-state index >= 15 is 0 Å². The van der Waals surface area contributed by atoms with Crippen LogP contribution in [0.2, 0.25) is 0 Å². The Bertz CT molecular complexity index is 1770. The molecule has 0 unspecified atom stereocenters.